The molecule has 2 heterocycles. The first-order valence-corrected chi connectivity index (χ1v) is 8.79. The van der Waals surface area contributed by atoms with Crippen LogP contribution in [0.5, 0.6) is 0 Å². The Kier molecular flexibility index (Phi) is 4.96. The molecule has 0 aromatic carbocycles. The predicted octanol–water partition coefficient (Wildman–Crippen LogP) is 1.25. The maximum Gasteiger partial charge on any atom is 0.435 e. The van der Waals surface area contributed by atoms with E-state index in [2.05, 4.69) is 25.8 Å². The molecule has 1 aliphatic rings. The third-order valence-corrected chi connectivity index (χ3v) is 5.69. The van der Waals surface area contributed by atoms with Crippen molar-refractivity contribution in [2.45, 2.75) is 25.7 Å². The molecule has 0 radical (unpaired) electrons. The molecule has 21 heavy (non-hydrogen) atoms. The summed E-state index contributed by atoms with van der Waals surface area (Å²) in [6.45, 7) is 0.200. The number of fused-ring (bicyclic) bond motifs is 1. The molecule has 2 rings (SSSR count). The molecular formula is C10H13BrF3N3O3S. The lowest BCUT2D eigenvalue weighted by molar-refractivity contribution is -0.142. The van der Waals surface area contributed by atoms with E-state index >= 15 is 0 Å². The maximum absolute atomic E-state index is 12.9. The summed E-state index contributed by atoms with van der Waals surface area (Å²) in [6, 6.07) is 0. The lowest BCUT2D eigenvalue weighted by Gasteiger charge is -2.15. The molecule has 120 valence electrons. The summed E-state index contributed by atoms with van der Waals surface area (Å²) < 4.78 is 69.5. The summed E-state index contributed by atoms with van der Waals surface area (Å²) >= 11 is 2.81. The van der Waals surface area contributed by atoms with Crippen LogP contribution in [-0.2, 0) is 40.5 Å². The minimum absolute atomic E-state index is 0.0276. The highest BCUT2D eigenvalue weighted by Crippen LogP contribution is 2.34. The van der Waals surface area contributed by atoms with E-state index in [1.807, 2.05) is 0 Å². The molecule has 1 N–H and O–H groups in total. The molecule has 11 heteroatoms. The number of hydrogen-bond acceptors (Lipinski definition) is 4. The van der Waals surface area contributed by atoms with Gasteiger partial charge in [0, 0.05) is 24.2 Å². The van der Waals surface area contributed by atoms with E-state index in [4.69, 9.17) is 4.74 Å². The Balaban J connectivity index is 2.18. The molecular weight excluding hydrogens is 379 g/mol. The van der Waals surface area contributed by atoms with Gasteiger partial charge in [-0.05, 0) is 0 Å². The molecule has 0 aliphatic carbocycles. The van der Waals surface area contributed by atoms with Crippen molar-refractivity contribution in [3.05, 3.63) is 17.0 Å². The number of aromatic nitrogens is 2. The molecule has 0 amide bonds. The van der Waals surface area contributed by atoms with Crippen molar-refractivity contribution in [1.29, 1.82) is 0 Å². The average Bonchev–Trinajstić information content (AvgIpc) is 2.78. The largest absolute Gasteiger partial charge is 0.435 e. The predicted molar refractivity (Wildman–Crippen MR) is 71.3 cm³/mol. The standard InChI is InChI=1S/C10H13BrF3N3O3S/c11-6-21(18,19)15-2-3-17-8-1-4-20-5-7(8)9(16-17)10(12,13)14/h15H,1-6H2. The van der Waals surface area contributed by atoms with Crippen LogP contribution in [0.2, 0.25) is 0 Å². The number of hydrogen-bond donors (Lipinski definition) is 1. The monoisotopic (exact) mass is 391 g/mol. The molecule has 0 bridgehead atoms. The van der Waals surface area contributed by atoms with Gasteiger partial charge in [0.05, 0.1) is 19.8 Å². The van der Waals surface area contributed by atoms with E-state index in [9.17, 15) is 21.6 Å². The summed E-state index contributed by atoms with van der Waals surface area (Å²) in [7, 11) is -3.45. The second-order valence-corrected chi connectivity index (χ2v) is 7.53. The number of halogens is 4. The van der Waals surface area contributed by atoms with Crippen LogP contribution in [0.25, 0.3) is 0 Å². The Bertz CT molecular complexity index is 615. The van der Waals surface area contributed by atoms with Gasteiger partial charge >= 0.3 is 6.18 Å². The van der Waals surface area contributed by atoms with Crippen LogP contribution in [0.1, 0.15) is 17.0 Å². The minimum atomic E-state index is -4.55. The van der Waals surface area contributed by atoms with Crippen LogP contribution >= 0.6 is 15.9 Å². The Morgan fingerprint density at radius 3 is 2.76 bits per heavy atom. The third kappa shape index (κ3) is 3.96. The number of alkyl halides is 4. The topological polar surface area (TPSA) is 73.2 Å². The first-order chi connectivity index (χ1) is 9.74. The lowest BCUT2D eigenvalue weighted by Crippen LogP contribution is -2.29. The second-order valence-electron chi connectivity index (χ2n) is 4.42. The quantitative estimate of drug-likeness (QED) is 0.766. The van der Waals surface area contributed by atoms with Gasteiger partial charge in [-0.2, -0.15) is 18.3 Å². The Morgan fingerprint density at radius 2 is 2.14 bits per heavy atom. The molecule has 0 unspecified atom stereocenters. The highest BCUT2D eigenvalue weighted by molar-refractivity contribution is 9.10. The van der Waals surface area contributed by atoms with Crippen LogP contribution in [0.3, 0.4) is 0 Å². The van der Waals surface area contributed by atoms with Crippen LogP contribution < -0.4 is 4.72 Å². The van der Waals surface area contributed by atoms with E-state index in [0.29, 0.717) is 18.7 Å². The van der Waals surface area contributed by atoms with E-state index in [1.54, 1.807) is 0 Å². The van der Waals surface area contributed by atoms with Gasteiger partial charge in [0.15, 0.2) is 5.69 Å². The normalized spacial score (nSPS) is 16.0. The summed E-state index contributed by atoms with van der Waals surface area (Å²) in [5.74, 6) is 0. The van der Waals surface area contributed by atoms with Crippen molar-refractivity contribution in [2.75, 3.05) is 17.8 Å². The van der Waals surface area contributed by atoms with E-state index in [1.165, 1.54) is 4.68 Å². The van der Waals surface area contributed by atoms with Crippen molar-refractivity contribution in [2.24, 2.45) is 0 Å². The number of ether oxygens (including phenoxy) is 1. The highest BCUT2D eigenvalue weighted by Gasteiger charge is 2.39. The number of sulfonamides is 1. The van der Waals surface area contributed by atoms with Gasteiger partial charge in [0.25, 0.3) is 0 Å². The fourth-order valence-corrected chi connectivity index (χ4v) is 3.03. The summed E-state index contributed by atoms with van der Waals surface area (Å²) in [4.78, 5) is 0. The summed E-state index contributed by atoms with van der Waals surface area (Å²) in [5.41, 5.74) is -0.468. The fourth-order valence-electron chi connectivity index (χ4n) is 2.07. The molecule has 0 atom stereocenters. The Hall–Kier alpha value is -0.650. The molecule has 0 saturated carbocycles. The van der Waals surface area contributed by atoms with Gasteiger partial charge < -0.3 is 4.74 Å². The number of nitrogens with zero attached hydrogens (tertiary/aromatic N) is 2. The molecule has 1 aliphatic heterocycles. The van der Waals surface area contributed by atoms with Crippen LogP contribution in [0, 0.1) is 0 Å². The fraction of sp³-hybridized carbons (Fsp3) is 0.700. The number of rotatable bonds is 5. The van der Waals surface area contributed by atoms with Crippen LogP contribution in [0.4, 0.5) is 13.2 Å². The van der Waals surface area contributed by atoms with Crippen molar-refractivity contribution >= 4 is 26.0 Å². The van der Waals surface area contributed by atoms with Gasteiger partial charge in [-0.25, -0.2) is 13.1 Å². The molecule has 1 aromatic heterocycles. The van der Waals surface area contributed by atoms with E-state index in [-0.39, 0.29) is 29.9 Å². The van der Waals surface area contributed by atoms with Gasteiger partial charge in [0.1, 0.15) is 4.66 Å². The zero-order chi connectivity index (χ0) is 15.7. The molecule has 0 saturated heterocycles. The zero-order valence-corrected chi connectivity index (χ0v) is 13.2. The molecule has 0 fully saturated rings. The average molecular weight is 392 g/mol. The summed E-state index contributed by atoms with van der Waals surface area (Å²) in [5, 5.41) is 3.57. The van der Waals surface area contributed by atoms with Gasteiger partial charge in [0.2, 0.25) is 10.0 Å². The van der Waals surface area contributed by atoms with E-state index < -0.39 is 21.9 Å². The molecule has 6 nitrogen and oxygen atoms in total. The molecule has 0 spiro atoms. The first kappa shape index (κ1) is 16.7. The SMILES string of the molecule is O=S(=O)(CBr)NCCn1nc(C(F)(F)F)c2c1CCOC2. The maximum atomic E-state index is 12.9. The Labute approximate surface area is 127 Å². The first-order valence-electron chi connectivity index (χ1n) is 6.01. The van der Waals surface area contributed by atoms with E-state index in [0.717, 1.165) is 0 Å². The highest BCUT2D eigenvalue weighted by atomic mass is 79.9. The van der Waals surface area contributed by atoms with Crippen LogP contribution in [-0.4, -0.2) is 36.0 Å². The van der Waals surface area contributed by atoms with Crippen molar-refractivity contribution in [1.82, 2.24) is 14.5 Å². The van der Waals surface area contributed by atoms with Crippen molar-refractivity contribution < 1.29 is 26.3 Å². The minimum Gasteiger partial charge on any atom is -0.376 e. The smallest absolute Gasteiger partial charge is 0.376 e. The van der Waals surface area contributed by atoms with Gasteiger partial charge in [-0.3, -0.25) is 4.68 Å². The van der Waals surface area contributed by atoms with Crippen molar-refractivity contribution in [3.63, 3.8) is 0 Å². The zero-order valence-electron chi connectivity index (χ0n) is 10.8. The van der Waals surface area contributed by atoms with Gasteiger partial charge in [-0.1, -0.05) is 15.9 Å². The van der Waals surface area contributed by atoms with Crippen LogP contribution in [0.15, 0.2) is 0 Å². The number of nitrogens with one attached hydrogen (secondary N) is 1. The van der Waals surface area contributed by atoms with Crippen molar-refractivity contribution in [3.8, 4) is 0 Å². The molecule has 1 aromatic rings. The third-order valence-electron chi connectivity index (χ3n) is 2.95. The Morgan fingerprint density at radius 1 is 1.43 bits per heavy atom. The second kappa shape index (κ2) is 6.23. The lowest BCUT2D eigenvalue weighted by atomic mass is 10.1. The summed E-state index contributed by atoms with van der Waals surface area (Å²) in [6.07, 6.45) is -4.23. The van der Waals surface area contributed by atoms with Gasteiger partial charge in [-0.15, -0.1) is 0 Å².